The number of hydrogen-bond donors (Lipinski definition) is 2. The molecular weight excluding hydrogens is 332 g/mol. The number of halogens is 1. The fraction of sp³-hybridized carbons (Fsp3) is 0.312. The second-order valence-electron chi connectivity index (χ2n) is 5.96. The Balaban J connectivity index is 1.71. The first-order valence-electron chi connectivity index (χ1n) is 7.72. The van der Waals surface area contributed by atoms with E-state index >= 15 is 0 Å². The molecule has 24 heavy (non-hydrogen) atoms. The molecule has 0 radical (unpaired) electrons. The van der Waals surface area contributed by atoms with Gasteiger partial charge in [-0.3, -0.25) is 9.89 Å². The zero-order valence-electron chi connectivity index (χ0n) is 12.7. The van der Waals surface area contributed by atoms with Crippen molar-refractivity contribution < 1.29 is 14.7 Å². The molecule has 0 spiro atoms. The molecule has 1 aromatic heterocycles. The van der Waals surface area contributed by atoms with Gasteiger partial charge in [0.2, 0.25) is 0 Å². The average molecular weight is 347 g/mol. The molecule has 1 saturated carbocycles. The summed E-state index contributed by atoms with van der Waals surface area (Å²) in [6, 6.07) is 7.23. The first kappa shape index (κ1) is 15.0. The number of nitrogens with one attached hydrogen (secondary N) is 1. The molecule has 4 rings (SSSR count). The van der Waals surface area contributed by atoms with E-state index in [1.54, 1.807) is 4.90 Å². The van der Waals surface area contributed by atoms with Gasteiger partial charge < -0.3 is 14.9 Å². The topological polar surface area (TPSA) is 89.5 Å². The number of anilines is 2. The van der Waals surface area contributed by atoms with Crippen LogP contribution in [0, 0.1) is 0 Å². The SMILES string of the molecule is O=C(O)c1cc(C(=O)N2CCN(C3CC3)c3c(Cl)cccc32)n[nH]1. The van der Waals surface area contributed by atoms with Crippen molar-refractivity contribution in [2.24, 2.45) is 0 Å². The lowest BCUT2D eigenvalue weighted by Gasteiger charge is -2.38. The quantitative estimate of drug-likeness (QED) is 0.890. The van der Waals surface area contributed by atoms with E-state index in [9.17, 15) is 9.59 Å². The van der Waals surface area contributed by atoms with Gasteiger partial charge in [0, 0.05) is 25.2 Å². The van der Waals surface area contributed by atoms with Crippen molar-refractivity contribution in [2.45, 2.75) is 18.9 Å². The van der Waals surface area contributed by atoms with Crippen molar-refractivity contribution >= 4 is 34.9 Å². The molecule has 1 fully saturated rings. The van der Waals surface area contributed by atoms with E-state index in [1.807, 2.05) is 18.2 Å². The maximum atomic E-state index is 12.8. The number of nitrogens with zero attached hydrogens (tertiary/aromatic N) is 3. The summed E-state index contributed by atoms with van der Waals surface area (Å²) in [5, 5.41) is 15.8. The highest BCUT2D eigenvalue weighted by Gasteiger charge is 2.37. The number of hydrogen-bond acceptors (Lipinski definition) is 4. The Kier molecular flexibility index (Phi) is 3.45. The number of aromatic carboxylic acids is 1. The van der Waals surface area contributed by atoms with Crippen LogP contribution in [0.25, 0.3) is 0 Å². The van der Waals surface area contributed by atoms with E-state index in [1.165, 1.54) is 6.07 Å². The lowest BCUT2D eigenvalue weighted by atomic mass is 10.1. The molecule has 1 aliphatic carbocycles. The zero-order valence-corrected chi connectivity index (χ0v) is 13.5. The van der Waals surface area contributed by atoms with Crippen molar-refractivity contribution in [1.82, 2.24) is 10.2 Å². The predicted octanol–water partition coefficient (Wildman–Crippen LogP) is 2.39. The van der Waals surface area contributed by atoms with Gasteiger partial charge in [0.1, 0.15) is 5.69 Å². The molecule has 124 valence electrons. The number of amides is 1. The molecule has 0 unspecified atom stereocenters. The highest BCUT2D eigenvalue weighted by atomic mass is 35.5. The highest BCUT2D eigenvalue weighted by Crippen LogP contribution is 2.44. The number of H-pyrrole nitrogens is 1. The van der Waals surface area contributed by atoms with Crippen LogP contribution in [0.1, 0.15) is 33.8 Å². The van der Waals surface area contributed by atoms with E-state index in [2.05, 4.69) is 15.1 Å². The van der Waals surface area contributed by atoms with E-state index in [0.717, 1.165) is 24.2 Å². The van der Waals surface area contributed by atoms with Gasteiger partial charge in [-0.1, -0.05) is 17.7 Å². The Labute approximate surface area is 142 Å². The highest BCUT2D eigenvalue weighted by molar-refractivity contribution is 6.34. The van der Waals surface area contributed by atoms with Gasteiger partial charge in [-0.25, -0.2) is 4.79 Å². The summed E-state index contributed by atoms with van der Waals surface area (Å²) < 4.78 is 0. The summed E-state index contributed by atoms with van der Waals surface area (Å²) in [6.45, 7) is 1.21. The van der Waals surface area contributed by atoms with Crippen molar-refractivity contribution in [3.8, 4) is 0 Å². The van der Waals surface area contributed by atoms with Crippen molar-refractivity contribution in [3.63, 3.8) is 0 Å². The van der Waals surface area contributed by atoms with E-state index < -0.39 is 5.97 Å². The first-order chi connectivity index (χ1) is 11.6. The maximum Gasteiger partial charge on any atom is 0.353 e. The Morgan fingerprint density at radius 2 is 2.08 bits per heavy atom. The Hall–Kier alpha value is -2.54. The van der Waals surface area contributed by atoms with Crippen LogP contribution < -0.4 is 9.80 Å². The minimum absolute atomic E-state index is 0.0817. The van der Waals surface area contributed by atoms with Crippen LogP contribution in [0.15, 0.2) is 24.3 Å². The Morgan fingerprint density at radius 1 is 1.29 bits per heavy atom. The molecule has 2 N–H and O–H groups in total. The number of benzene rings is 1. The summed E-state index contributed by atoms with van der Waals surface area (Å²) in [5.41, 5.74) is 1.58. The summed E-state index contributed by atoms with van der Waals surface area (Å²) in [4.78, 5) is 27.6. The summed E-state index contributed by atoms with van der Waals surface area (Å²) in [6.07, 6.45) is 2.28. The minimum atomic E-state index is -1.15. The largest absolute Gasteiger partial charge is 0.477 e. The molecular formula is C16H15ClN4O3. The molecule has 0 atom stereocenters. The molecule has 1 aromatic carbocycles. The van der Waals surface area contributed by atoms with Crippen molar-refractivity contribution in [2.75, 3.05) is 22.9 Å². The van der Waals surface area contributed by atoms with Crippen LogP contribution in [0.2, 0.25) is 5.02 Å². The smallest absolute Gasteiger partial charge is 0.353 e. The minimum Gasteiger partial charge on any atom is -0.477 e. The number of carbonyl (C=O) groups is 2. The van der Waals surface area contributed by atoms with Crippen LogP contribution in [0.4, 0.5) is 11.4 Å². The van der Waals surface area contributed by atoms with Gasteiger partial charge in [-0.15, -0.1) is 0 Å². The molecule has 7 nitrogen and oxygen atoms in total. The number of rotatable bonds is 3. The second kappa shape index (κ2) is 5.52. The lowest BCUT2D eigenvalue weighted by Crippen LogP contribution is -2.45. The standard InChI is InChI=1S/C16H15ClN4O3/c17-10-2-1-3-13-14(10)20(9-4-5-9)6-7-21(13)15(22)11-8-12(16(23)24)19-18-11/h1-3,8-9H,4-7H2,(H,18,19)(H,23,24). The summed E-state index contributed by atoms with van der Waals surface area (Å²) >= 11 is 6.39. The number of aromatic nitrogens is 2. The van der Waals surface area contributed by atoms with Gasteiger partial charge in [-0.05, 0) is 25.0 Å². The van der Waals surface area contributed by atoms with Gasteiger partial charge >= 0.3 is 5.97 Å². The zero-order chi connectivity index (χ0) is 16.8. The molecule has 2 aromatic rings. The van der Waals surface area contributed by atoms with Crippen LogP contribution in [0.5, 0.6) is 0 Å². The van der Waals surface area contributed by atoms with E-state index in [4.69, 9.17) is 16.7 Å². The van der Waals surface area contributed by atoms with Crippen LogP contribution in [-0.2, 0) is 0 Å². The third-order valence-electron chi connectivity index (χ3n) is 4.37. The van der Waals surface area contributed by atoms with Crippen LogP contribution in [0.3, 0.4) is 0 Å². The first-order valence-corrected chi connectivity index (χ1v) is 8.10. The van der Waals surface area contributed by atoms with Crippen LogP contribution >= 0.6 is 11.6 Å². The van der Waals surface area contributed by atoms with E-state index in [0.29, 0.717) is 24.2 Å². The molecule has 1 aliphatic heterocycles. The number of carbonyl (C=O) groups excluding carboxylic acids is 1. The number of fused-ring (bicyclic) bond motifs is 1. The number of carboxylic acids is 1. The molecule has 8 heteroatoms. The fourth-order valence-electron chi connectivity index (χ4n) is 3.09. The fourth-order valence-corrected chi connectivity index (χ4v) is 3.37. The van der Waals surface area contributed by atoms with Gasteiger partial charge in [0.25, 0.3) is 5.91 Å². The number of para-hydroxylation sites is 1. The summed E-state index contributed by atoms with van der Waals surface area (Å²) in [5.74, 6) is -1.48. The van der Waals surface area contributed by atoms with Crippen molar-refractivity contribution in [3.05, 3.63) is 40.7 Å². The van der Waals surface area contributed by atoms with Crippen LogP contribution in [-0.4, -0.2) is 46.3 Å². The Bertz CT molecular complexity index is 830. The third-order valence-corrected chi connectivity index (χ3v) is 4.67. The molecule has 0 saturated heterocycles. The molecule has 1 amide bonds. The third kappa shape index (κ3) is 2.41. The molecule has 2 heterocycles. The van der Waals surface area contributed by atoms with Gasteiger partial charge in [0.15, 0.2) is 5.69 Å². The number of aromatic amines is 1. The second-order valence-corrected chi connectivity index (χ2v) is 6.37. The monoisotopic (exact) mass is 346 g/mol. The molecule has 2 aliphatic rings. The van der Waals surface area contributed by atoms with Crippen molar-refractivity contribution in [1.29, 1.82) is 0 Å². The maximum absolute atomic E-state index is 12.8. The summed E-state index contributed by atoms with van der Waals surface area (Å²) in [7, 11) is 0. The lowest BCUT2D eigenvalue weighted by molar-refractivity contribution is 0.0690. The van der Waals surface area contributed by atoms with Gasteiger partial charge in [-0.2, -0.15) is 5.10 Å². The number of carboxylic acid groups (broad SMARTS) is 1. The molecule has 0 bridgehead atoms. The van der Waals surface area contributed by atoms with E-state index in [-0.39, 0.29) is 17.3 Å². The Morgan fingerprint density at radius 3 is 2.75 bits per heavy atom. The van der Waals surface area contributed by atoms with Gasteiger partial charge in [0.05, 0.1) is 16.4 Å². The average Bonchev–Trinajstić information content (AvgIpc) is 3.29. The predicted molar refractivity (Wildman–Crippen MR) is 89.0 cm³/mol. The normalized spacial score (nSPS) is 16.9.